The fraction of sp³-hybridized carbons (Fsp3) is 0.444. The first-order valence-corrected chi connectivity index (χ1v) is 9.16. The maximum atomic E-state index is 12.8. The molecule has 1 fully saturated rings. The third-order valence-electron chi connectivity index (χ3n) is 5.16. The molecular formula is C18H18B3N3O4. The van der Waals surface area contributed by atoms with E-state index in [2.05, 4.69) is 10.6 Å². The lowest BCUT2D eigenvalue weighted by Gasteiger charge is -2.41. The topological polar surface area (TPSA) is 90.9 Å². The zero-order valence-corrected chi connectivity index (χ0v) is 15.2. The van der Waals surface area contributed by atoms with Crippen LogP contribution in [0.4, 0.5) is 0 Å². The molecule has 3 N–H and O–H groups in total. The van der Waals surface area contributed by atoms with Crippen LogP contribution in [0.5, 0.6) is 0 Å². The number of hydrogen-bond acceptors (Lipinski definition) is 5. The van der Waals surface area contributed by atoms with Crippen LogP contribution < -0.4 is 10.6 Å². The Kier molecular flexibility index (Phi) is 4.49. The van der Waals surface area contributed by atoms with Crippen molar-refractivity contribution >= 4 is 35.4 Å². The summed E-state index contributed by atoms with van der Waals surface area (Å²) in [6, 6.07) is 6.81. The highest BCUT2D eigenvalue weighted by atomic mass is 16.5. The van der Waals surface area contributed by atoms with Crippen molar-refractivity contribution in [2.45, 2.75) is 48.9 Å². The van der Waals surface area contributed by atoms with Crippen LogP contribution in [0.25, 0.3) is 0 Å². The van der Waals surface area contributed by atoms with Gasteiger partial charge in [-0.15, -0.1) is 0 Å². The molecule has 7 nitrogen and oxygen atoms in total. The minimum absolute atomic E-state index is 0.0489. The highest BCUT2D eigenvalue weighted by Crippen LogP contribution is 2.44. The highest BCUT2D eigenvalue weighted by Gasteiger charge is 2.51. The van der Waals surface area contributed by atoms with E-state index < -0.39 is 23.1 Å². The zero-order valence-electron chi connectivity index (χ0n) is 15.2. The van der Waals surface area contributed by atoms with Crippen molar-refractivity contribution in [1.29, 1.82) is 0 Å². The van der Waals surface area contributed by atoms with Gasteiger partial charge in [0.05, 0.1) is 15.7 Å². The number of fused-ring (bicyclic) bond motifs is 1. The second-order valence-corrected chi connectivity index (χ2v) is 7.41. The molecule has 1 saturated carbocycles. The average Bonchev–Trinajstić information content (AvgIpc) is 3.28. The highest BCUT2D eigenvalue weighted by molar-refractivity contribution is 6.42. The van der Waals surface area contributed by atoms with Crippen LogP contribution in [-0.2, 0) is 25.3 Å². The Balaban J connectivity index is 1.38. The molecule has 10 heteroatoms. The Morgan fingerprint density at radius 2 is 1.93 bits per heavy atom. The van der Waals surface area contributed by atoms with Crippen LogP contribution in [0.2, 0.25) is 0 Å². The van der Waals surface area contributed by atoms with Crippen molar-refractivity contribution in [1.82, 2.24) is 15.5 Å². The molecule has 138 valence electrons. The van der Waals surface area contributed by atoms with Gasteiger partial charge < -0.3 is 25.4 Å². The van der Waals surface area contributed by atoms with E-state index in [4.69, 9.17) is 28.3 Å². The molecule has 2 atom stereocenters. The summed E-state index contributed by atoms with van der Waals surface area (Å²) in [6.07, 6.45) is 2.94. The van der Waals surface area contributed by atoms with Crippen molar-refractivity contribution in [3.8, 4) is 0 Å². The normalized spacial score (nSPS) is 27.4. The van der Waals surface area contributed by atoms with Crippen molar-refractivity contribution in [2.24, 2.45) is 0 Å². The van der Waals surface area contributed by atoms with Gasteiger partial charge in [0.1, 0.15) is 17.6 Å². The summed E-state index contributed by atoms with van der Waals surface area (Å²) in [5.41, 5.74) is -1.14. The maximum Gasteiger partial charge on any atom is 0.270 e. The maximum absolute atomic E-state index is 12.8. The van der Waals surface area contributed by atoms with E-state index >= 15 is 0 Å². The van der Waals surface area contributed by atoms with Crippen LogP contribution in [0.15, 0.2) is 36.2 Å². The van der Waals surface area contributed by atoms with E-state index in [9.17, 15) is 14.7 Å². The Bertz CT molecular complexity index is 819. The number of rotatable bonds is 5. The molecule has 6 radical (unpaired) electrons. The van der Waals surface area contributed by atoms with Gasteiger partial charge in [0.25, 0.3) is 5.91 Å². The second kappa shape index (κ2) is 6.62. The summed E-state index contributed by atoms with van der Waals surface area (Å²) in [4.78, 5) is 25.7. The molecule has 0 aromatic heterocycles. The van der Waals surface area contributed by atoms with E-state index in [1.165, 1.54) is 6.26 Å². The van der Waals surface area contributed by atoms with Crippen LogP contribution in [0.3, 0.4) is 0 Å². The minimum atomic E-state index is -2.12. The van der Waals surface area contributed by atoms with Gasteiger partial charge in [0, 0.05) is 18.9 Å². The standard InChI is InChI=1S/C18H18B3N3O4/c19-17(20)11-3-1-2-4-12(11)18(21,27)24(17)15(25)8-7-14-23-13(9-28-14)16(26)22-10-5-6-10/h1-4,9-10,14,23,27H,5-8H2,(H,22,26). The van der Waals surface area contributed by atoms with E-state index in [0.29, 0.717) is 11.3 Å². The Hall–Kier alpha value is -2.35. The Labute approximate surface area is 167 Å². The first-order chi connectivity index (χ1) is 13.2. The quantitative estimate of drug-likeness (QED) is 0.582. The lowest BCUT2D eigenvalue weighted by molar-refractivity contribution is -0.149. The monoisotopic (exact) mass is 373 g/mol. The molecule has 0 bridgehead atoms. The van der Waals surface area contributed by atoms with Crippen molar-refractivity contribution in [2.75, 3.05) is 0 Å². The zero-order chi connectivity index (χ0) is 20.1. The molecule has 3 aliphatic rings. The fourth-order valence-electron chi connectivity index (χ4n) is 3.58. The molecule has 0 saturated heterocycles. The smallest absolute Gasteiger partial charge is 0.270 e. The summed E-state index contributed by atoms with van der Waals surface area (Å²) in [7, 11) is 18.3. The third-order valence-corrected chi connectivity index (χ3v) is 5.16. The van der Waals surface area contributed by atoms with Crippen LogP contribution >= 0.6 is 0 Å². The van der Waals surface area contributed by atoms with E-state index in [0.717, 1.165) is 17.7 Å². The lowest BCUT2D eigenvalue weighted by atomic mass is 9.58. The van der Waals surface area contributed by atoms with Gasteiger partial charge in [-0.05, 0) is 29.3 Å². The molecule has 4 rings (SSSR count). The SMILES string of the molecule is [B]C1([B])c2ccccc2C([B])(O)N1C(=O)CCC1NC(C(=O)NC2CC2)=CO1. The summed E-state index contributed by atoms with van der Waals surface area (Å²) in [6.45, 7) is 0. The number of nitrogens with zero attached hydrogens (tertiary/aromatic N) is 1. The molecule has 0 spiro atoms. The number of benzene rings is 1. The Morgan fingerprint density at radius 3 is 2.57 bits per heavy atom. The molecule has 2 amide bonds. The fourth-order valence-corrected chi connectivity index (χ4v) is 3.58. The molecule has 2 heterocycles. The predicted octanol–water partition coefficient (Wildman–Crippen LogP) is -0.907. The number of carbonyl (C=O) groups is 2. The molecule has 1 aliphatic carbocycles. The van der Waals surface area contributed by atoms with Gasteiger partial charge in [0.2, 0.25) is 5.91 Å². The molecule has 28 heavy (non-hydrogen) atoms. The lowest BCUT2D eigenvalue weighted by Crippen LogP contribution is -2.55. The minimum Gasteiger partial charge on any atom is -0.476 e. The number of hydrogen-bond donors (Lipinski definition) is 3. The summed E-state index contributed by atoms with van der Waals surface area (Å²) < 4.78 is 5.41. The molecule has 1 aromatic carbocycles. The van der Waals surface area contributed by atoms with Gasteiger partial charge in [-0.3, -0.25) is 9.59 Å². The molecular weight excluding hydrogens is 355 g/mol. The van der Waals surface area contributed by atoms with Gasteiger partial charge in [-0.25, -0.2) is 0 Å². The number of amides is 2. The van der Waals surface area contributed by atoms with Gasteiger partial charge >= 0.3 is 0 Å². The van der Waals surface area contributed by atoms with Crippen LogP contribution in [0.1, 0.15) is 36.8 Å². The van der Waals surface area contributed by atoms with E-state index in [-0.39, 0.29) is 30.4 Å². The number of aliphatic hydroxyl groups is 1. The van der Waals surface area contributed by atoms with Gasteiger partial charge in [-0.2, -0.15) is 0 Å². The number of nitrogens with one attached hydrogen (secondary N) is 2. The summed E-state index contributed by atoms with van der Waals surface area (Å²) >= 11 is 0. The first-order valence-electron chi connectivity index (χ1n) is 9.16. The summed E-state index contributed by atoms with van der Waals surface area (Å²) in [5, 5.41) is 14.8. The Morgan fingerprint density at radius 1 is 1.25 bits per heavy atom. The molecule has 2 aliphatic heterocycles. The van der Waals surface area contributed by atoms with Crippen LogP contribution in [0, 0.1) is 0 Å². The summed E-state index contributed by atoms with van der Waals surface area (Å²) in [5.74, 6) is -0.766. The van der Waals surface area contributed by atoms with Crippen LogP contribution in [-0.4, -0.2) is 57.6 Å². The van der Waals surface area contributed by atoms with Gasteiger partial charge in [-0.1, -0.05) is 24.3 Å². The second-order valence-electron chi connectivity index (χ2n) is 7.41. The number of carbonyl (C=O) groups excluding carboxylic acids is 2. The number of ether oxygens (including phenoxy) is 1. The van der Waals surface area contributed by atoms with E-state index in [1.807, 2.05) is 0 Å². The molecule has 2 unspecified atom stereocenters. The largest absolute Gasteiger partial charge is 0.476 e. The van der Waals surface area contributed by atoms with Crippen molar-refractivity contribution in [3.05, 3.63) is 47.4 Å². The van der Waals surface area contributed by atoms with Gasteiger partial charge in [0.15, 0.2) is 14.1 Å². The first kappa shape index (κ1) is 19.0. The average molecular weight is 373 g/mol. The predicted molar refractivity (Wildman–Crippen MR) is 103 cm³/mol. The van der Waals surface area contributed by atoms with Crippen molar-refractivity contribution < 1.29 is 19.4 Å². The van der Waals surface area contributed by atoms with E-state index in [1.54, 1.807) is 24.3 Å². The molecule has 1 aromatic rings. The third kappa shape index (κ3) is 3.19. The van der Waals surface area contributed by atoms with Crippen molar-refractivity contribution in [3.63, 3.8) is 0 Å².